The normalized spacial score (nSPS) is 10.7. The van der Waals surface area contributed by atoms with Crippen molar-refractivity contribution in [3.8, 4) is 0 Å². The molecule has 0 bridgehead atoms. The molecule has 0 aromatic rings. The van der Waals surface area contributed by atoms with Gasteiger partial charge in [0.15, 0.2) is 0 Å². The minimum atomic E-state index is -4.92. The van der Waals surface area contributed by atoms with Gasteiger partial charge in [-0.05, 0) is 19.8 Å². The van der Waals surface area contributed by atoms with Gasteiger partial charge in [0.05, 0.1) is 0 Å². The molecule has 0 atom stereocenters. The number of unbranched alkanes of at least 4 members (excludes halogenated alkanes) is 6. The third-order valence-corrected chi connectivity index (χ3v) is 2.99. The summed E-state index contributed by atoms with van der Waals surface area (Å²) in [5, 5.41) is 0. The van der Waals surface area contributed by atoms with Crippen LogP contribution in [0.1, 0.15) is 64.7 Å². The summed E-state index contributed by atoms with van der Waals surface area (Å²) in [5.74, 6) is -0.775. The molecule has 0 radical (unpaired) electrons. The van der Waals surface area contributed by atoms with Crippen LogP contribution in [0, 0.1) is 0 Å². The van der Waals surface area contributed by atoms with Crippen molar-refractivity contribution < 1.29 is 56.3 Å². The first-order valence-corrected chi connectivity index (χ1v) is 7.82. The second kappa shape index (κ2) is 12.8. The molecule has 0 aliphatic rings. The van der Waals surface area contributed by atoms with Gasteiger partial charge in [-0.1, -0.05) is 32.1 Å². The topological polar surface area (TPSA) is 101 Å². The van der Waals surface area contributed by atoms with E-state index in [9.17, 15) is 22.6 Å². The van der Waals surface area contributed by atoms with E-state index in [1.165, 1.54) is 0 Å². The van der Waals surface area contributed by atoms with Crippen LogP contribution in [-0.2, 0) is 24.2 Å². The van der Waals surface area contributed by atoms with Gasteiger partial charge in [0.2, 0.25) is 0 Å². The Morgan fingerprint density at radius 2 is 1.30 bits per heavy atom. The summed E-state index contributed by atoms with van der Waals surface area (Å²) in [5.41, 5.74) is 0. The summed E-state index contributed by atoms with van der Waals surface area (Å²) < 4.78 is 34.0. The molecule has 0 aromatic carbocycles. The minimum absolute atomic E-state index is 0. The minimum Gasteiger partial charge on any atom is -0.716 e. The number of hydrogen-bond donors (Lipinski definition) is 0. The summed E-state index contributed by atoms with van der Waals surface area (Å²) in [4.78, 5) is 21.5. The smallest absolute Gasteiger partial charge is 0.716 e. The van der Waals surface area contributed by atoms with E-state index in [0.717, 1.165) is 38.5 Å². The fourth-order valence-corrected chi connectivity index (χ4v) is 1.99. The van der Waals surface area contributed by atoms with Crippen LogP contribution < -0.4 is 29.6 Å². The van der Waals surface area contributed by atoms with E-state index in [2.05, 4.69) is 4.18 Å². The molecule has 0 fully saturated rings. The van der Waals surface area contributed by atoms with Crippen LogP contribution in [0.2, 0.25) is 0 Å². The molecule has 0 aliphatic heterocycles. The van der Waals surface area contributed by atoms with Crippen LogP contribution in [0.4, 0.5) is 0 Å². The summed E-state index contributed by atoms with van der Waals surface area (Å²) >= 11 is 0. The Bertz CT molecular complexity index is 379. The molecule has 6 nitrogen and oxygen atoms in total. The zero-order valence-electron chi connectivity index (χ0n) is 12.2. The zero-order chi connectivity index (χ0) is 14.7. The number of hydrogen-bond acceptors (Lipinski definition) is 6. The molecule has 0 unspecified atom stereocenters. The molecule has 0 N–H and O–H groups in total. The van der Waals surface area contributed by atoms with E-state index in [1.807, 2.05) is 0 Å². The van der Waals surface area contributed by atoms with Gasteiger partial charge in [-0.15, -0.1) is 0 Å². The van der Waals surface area contributed by atoms with E-state index in [-0.39, 0.29) is 41.8 Å². The summed E-state index contributed by atoms with van der Waals surface area (Å²) in [6, 6.07) is 0. The maximum Gasteiger partial charge on any atom is 1.00 e. The fraction of sp³-hybridized carbons (Fsp3) is 0.833. The zero-order valence-corrected chi connectivity index (χ0v) is 15.0. The maximum absolute atomic E-state index is 10.9. The largest absolute Gasteiger partial charge is 1.00 e. The maximum atomic E-state index is 10.9. The van der Waals surface area contributed by atoms with Crippen molar-refractivity contribution in [3.05, 3.63) is 0 Å². The van der Waals surface area contributed by atoms with Crippen molar-refractivity contribution in [1.82, 2.24) is 0 Å². The Morgan fingerprint density at radius 1 is 0.900 bits per heavy atom. The van der Waals surface area contributed by atoms with Gasteiger partial charge >= 0.3 is 35.5 Å². The number of ketones is 1. The summed E-state index contributed by atoms with van der Waals surface area (Å²) in [7, 11) is -4.92. The second-order valence-electron chi connectivity index (χ2n) is 4.54. The first kappa shape index (κ1) is 22.3. The molecule has 0 heterocycles. The number of Topliss-reactive ketones (excluding diaryl/α,β-unsaturated/α-hetero) is 1. The second-order valence-corrected chi connectivity index (χ2v) is 5.52. The van der Waals surface area contributed by atoms with Crippen LogP contribution in [-0.4, -0.2) is 24.7 Å². The molecule has 0 aliphatic carbocycles. The molecule has 0 saturated heterocycles. The van der Waals surface area contributed by atoms with Gasteiger partial charge in [0, 0.05) is 12.8 Å². The summed E-state index contributed by atoms with van der Waals surface area (Å²) in [6.45, 7) is 1.58. The van der Waals surface area contributed by atoms with Crippen molar-refractivity contribution >= 4 is 22.2 Å². The Labute approximate surface area is 142 Å². The number of carbonyl (C=O) groups excluding carboxylic acids is 2. The Hall–Kier alpha value is 0.0500. The molecule has 0 amide bonds. The van der Waals surface area contributed by atoms with E-state index in [0.29, 0.717) is 12.8 Å². The molecular formula is C12H21NaO6S. The number of carbonyl (C=O) groups is 2. The first-order valence-electron chi connectivity index (χ1n) is 6.49. The predicted molar refractivity (Wildman–Crippen MR) is 68.0 cm³/mol. The molecule has 0 aromatic heterocycles. The molecule has 0 saturated carbocycles. The Balaban J connectivity index is 0. The average molecular weight is 316 g/mol. The van der Waals surface area contributed by atoms with Crippen molar-refractivity contribution in [1.29, 1.82) is 0 Å². The average Bonchev–Trinajstić information content (AvgIpc) is 2.24. The number of rotatable bonds is 11. The third kappa shape index (κ3) is 18.0. The molecule has 8 heteroatoms. The van der Waals surface area contributed by atoms with Crippen LogP contribution in [0.15, 0.2) is 0 Å². The molecule has 0 spiro atoms. The molecule has 0 rings (SSSR count). The predicted octanol–water partition coefficient (Wildman–Crippen LogP) is -0.906. The first-order chi connectivity index (χ1) is 8.81. The SMILES string of the molecule is CC(=O)CCCCCCCCCC(=O)OS(=O)(=O)[O-].[Na+]. The molecular weight excluding hydrogens is 295 g/mol. The van der Waals surface area contributed by atoms with Crippen molar-refractivity contribution in [2.75, 3.05) is 0 Å². The Morgan fingerprint density at radius 3 is 1.70 bits per heavy atom. The van der Waals surface area contributed by atoms with Crippen LogP contribution in [0.5, 0.6) is 0 Å². The van der Waals surface area contributed by atoms with Gasteiger partial charge in [-0.25, -0.2) is 8.42 Å². The van der Waals surface area contributed by atoms with Gasteiger partial charge in [-0.2, -0.15) is 0 Å². The monoisotopic (exact) mass is 316 g/mol. The van der Waals surface area contributed by atoms with Gasteiger partial charge in [-0.3, -0.25) is 4.79 Å². The quantitative estimate of drug-likeness (QED) is 0.212. The van der Waals surface area contributed by atoms with Crippen molar-refractivity contribution in [2.24, 2.45) is 0 Å². The third-order valence-electron chi connectivity index (χ3n) is 2.60. The van der Waals surface area contributed by atoms with E-state index < -0.39 is 16.4 Å². The van der Waals surface area contributed by atoms with Crippen LogP contribution >= 0.6 is 0 Å². The van der Waals surface area contributed by atoms with Crippen LogP contribution in [0.25, 0.3) is 0 Å². The van der Waals surface area contributed by atoms with E-state index in [4.69, 9.17) is 0 Å². The standard InChI is InChI=1S/C12H22O6S.Na/c1-11(13)9-7-5-3-2-4-6-8-10-12(14)18-19(15,16)17;/h2-10H2,1H3,(H,15,16,17);/q;+1/p-1. The fourth-order valence-electron chi connectivity index (χ4n) is 1.68. The van der Waals surface area contributed by atoms with E-state index >= 15 is 0 Å². The van der Waals surface area contributed by atoms with Gasteiger partial charge in [0.25, 0.3) is 10.4 Å². The molecule has 112 valence electrons. The van der Waals surface area contributed by atoms with E-state index in [1.54, 1.807) is 6.92 Å². The summed E-state index contributed by atoms with van der Waals surface area (Å²) in [6.07, 6.45) is 6.85. The van der Waals surface area contributed by atoms with Crippen molar-refractivity contribution in [3.63, 3.8) is 0 Å². The van der Waals surface area contributed by atoms with Crippen molar-refractivity contribution in [2.45, 2.75) is 64.7 Å². The Kier molecular flexibility index (Phi) is 14.3. The van der Waals surface area contributed by atoms with Gasteiger partial charge < -0.3 is 13.5 Å². The van der Waals surface area contributed by atoms with Gasteiger partial charge in [0.1, 0.15) is 5.78 Å². The molecule has 20 heavy (non-hydrogen) atoms. The van der Waals surface area contributed by atoms with Crippen LogP contribution in [0.3, 0.4) is 0 Å².